The molecule has 4 rings (SSSR count). The van der Waals surface area contributed by atoms with Gasteiger partial charge in [0.1, 0.15) is 0 Å². The first-order valence-corrected chi connectivity index (χ1v) is 12.4. The summed E-state index contributed by atoms with van der Waals surface area (Å²) >= 11 is 4.04. The van der Waals surface area contributed by atoms with Crippen molar-refractivity contribution in [2.24, 2.45) is 0 Å². The summed E-state index contributed by atoms with van der Waals surface area (Å²) in [7, 11) is 0. The highest BCUT2D eigenvalue weighted by atomic mass is 32.2. The lowest BCUT2D eigenvalue weighted by Crippen LogP contribution is -2.26. The molecule has 1 aliphatic rings. The van der Waals surface area contributed by atoms with Crippen molar-refractivity contribution in [1.29, 1.82) is 0 Å². The van der Waals surface area contributed by atoms with Crippen molar-refractivity contribution in [3.63, 3.8) is 0 Å². The van der Waals surface area contributed by atoms with Crippen LogP contribution in [0.2, 0.25) is 0 Å². The summed E-state index contributed by atoms with van der Waals surface area (Å²) < 4.78 is 13.0. The van der Waals surface area contributed by atoms with Crippen molar-refractivity contribution >= 4 is 23.5 Å². The number of benzene rings is 3. The van der Waals surface area contributed by atoms with Crippen molar-refractivity contribution < 1.29 is 9.47 Å². The Morgan fingerprint density at radius 3 is 1.93 bits per heavy atom. The van der Waals surface area contributed by atoms with Gasteiger partial charge < -0.3 is 9.47 Å². The molecule has 0 N–H and O–H groups in total. The second kappa shape index (κ2) is 11.6. The molecular weight excluding hydrogens is 408 g/mol. The van der Waals surface area contributed by atoms with E-state index in [1.165, 1.54) is 16.7 Å². The third kappa shape index (κ3) is 6.64. The summed E-state index contributed by atoms with van der Waals surface area (Å²) in [5.74, 6) is 1.04. The fourth-order valence-corrected chi connectivity index (χ4v) is 6.59. The SMILES string of the molecule is c1ccc(COC[C@@H]2SC(SCc3ccccc3)C[C@@H]2OCc2ccccc2)cc1. The first-order chi connectivity index (χ1) is 14.9. The van der Waals surface area contributed by atoms with Gasteiger partial charge in [0, 0.05) is 5.75 Å². The van der Waals surface area contributed by atoms with E-state index in [2.05, 4.69) is 78.9 Å². The fourth-order valence-electron chi connectivity index (χ4n) is 3.52. The number of rotatable bonds is 10. The van der Waals surface area contributed by atoms with Crippen LogP contribution < -0.4 is 0 Å². The first kappa shape index (κ1) is 21.5. The molecule has 1 aliphatic heterocycles. The molecule has 0 amide bonds. The van der Waals surface area contributed by atoms with Crippen molar-refractivity contribution in [2.75, 3.05) is 6.61 Å². The van der Waals surface area contributed by atoms with E-state index in [4.69, 9.17) is 9.47 Å². The Morgan fingerprint density at radius 1 is 0.733 bits per heavy atom. The summed E-state index contributed by atoms with van der Waals surface area (Å²) in [6.45, 7) is 2.05. The quantitative estimate of drug-likeness (QED) is 0.358. The van der Waals surface area contributed by atoms with Gasteiger partial charge in [-0.2, -0.15) is 0 Å². The number of thioether (sulfide) groups is 2. The highest BCUT2D eigenvalue weighted by molar-refractivity contribution is 8.17. The van der Waals surface area contributed by atoms with Gasteiger partial charge in [-0.15, -0.1) is 23.5 Å². The minimum Gasteiger partial charge on any atom is -0.376 e. The molecule has 30 heavy (non-hydrogen) atoms. The predicted octanol–water partition coefficient (Wildman–Crippen LogP) is 6.55. The molecule has 0 radical (unpaired) electrons. The molecule has 0 aromatic heterocycles. The highest BCUT2D eigenvalue weighted by Gasteiger charge is 2.36. The largest absolute Gasteiger partial charge is 0.376 e. The Bertz CT molecular complexity index is 858. The Kier molecular flexibility index (Phi) is 8.33. The van der Waals surface area contributed by atoms with E-state index >= 15 is 0 Å². The van der Waals surface area contributed by atoms with Crippen LogP contribution in [0.25, 0.3) is 0 Å². The maximum Gasteiger partial charge on any atom is 0.0739 e. The smallest absolute Gasteiger partial charge is 0.0739 e. The van der Waals surface area contributed by atoms with Crippen molar-refractivity contribution in [3.8, 4) is 0 Å². The van der Waals surface area contributed by atoms with Gasteiger partial charge in [0.2, 0.25) is 0 Å². The summed E-state index contributed by atoms with van der Waals surface area (Å²) in [4.78, 5) is 0. The molecule has 3 aromatic rings. The van der Waals surface area contributed by atoms with Crippen LogP contribution in [0.4, 0.5) is 0 Å². The average Bonchev–Trinajstić information content (AvgIpc) is 3.20. The molecule has 1 unspecified atom stereocenters. The molecule has 0 aliphatic carbocycles. The van der Waals surface area contributed by atoms with Crippen LogP contribution in [0.1, 0.15) is 23.1 Å². The second-order valence-electron chi connectivity index (χ2n) is 7.47. The Labute approximate surface area is 188 Å². The van der Waals surface area contributed by atoms with Gasteiger partial charge in [-0.05, 0) is 23.1 Å². The summed E-state index contributed by atoms with van der Waals surface area (Å²) in [6.07, 6.45) is 1.29. The molecule has 1 saturated heterocycles. The van der Waals surface area contributed by atoms with E-state index in [0.29, 0.717) is 23.0 Å². The predicted molar refractivity (Wildman–Crippen MR) is 129 cm³/mol. The third-order valence-electron chi connectivity index (χ3n) is 5.15. The fraction of sp³-hybridized carbons (Fsp3) is 0.308. The maximum absolute atomic E-state index is 6.37. The Hall–Kier alpha value is -1.72. The van der Waals surface area contributed by atoms with E-state index < -0.39 is 0 Å². The van der Waals surface area contributed by atoms with Crippen LogP contribution in [-0.4, -0.2) is 22.5 Å². The number of hydrogen-bond donors (Lipinski definition) is 0. The van der Waals surface area contributed by atoms with Crippen molar-refractivity contribution in [2.45, 2.75) is 41.3 Å². The molecule has 1 heterocycles. The second-order valence-corrected chi connectivity index (χ2v) is 10.4. The minimum absolute atomic E-state index is 0.222. The van der Waals surface area contributed by atoms with E-state index in [-0.39, 0.29) is 6.10 Å². The van der Waals surface area contributed by atoms with Gasteiger partial charge in [-0.1, -0.05) is 91.0 Å². The molecule has 3 atom stereocenters. The molecule has 0 bridgehead atoms. The van der Waals surface area contributed by atoms with Crippen LogP contribution in [0.5, 0.6) is 0 Å². The first-order valence-electron chi connectivity index (χ1n) is 10.4. The summed E-state index contributed by atoms with van der Waals surface area (Å²) in [6, 6.07) is 31.6. The normalized spacial score (nSPS) is 21.0. The molecular formula is C26H28O2S2. The minimum atomic E-state index is 0.222. The van der Waals surface area contributed by atoms with Crippen molar-refractivity contribution in [3.05, 3.63) is 108 Å². The van der Waals surface area contributed by atoms with E-state index in [1.54, 1.807) is 0 Å². The van der Waals surface area contributed by atoms with Gasteiger partial charge in [-0.3, -0.25) is 0 Å². The van der Waals surface area contributed by atoms with Crippen LogP contribution >= 0.6 is 23.5 Å². The number of ether oxygens (including phenoxy) is 2. The maximum atomic E-state index is 6.37. The van der Waals surface area contributed by atoms with Crippen LogP contribution in [0.3, 0.4) is 0 Å². The van der Waals surface area contributed by atoms with Crippen LogP contribution in [0, 0.1) is 0 Å². The highest BCUT2D eigenvalue weighted by Crippen LogP contribution is 2.43. The molecule has 0 spiro atoms. The van der Waals surface area contributed by atoms with Crippen LogP contribution in [0.15, 0.2) is 91.0 Å². The zero-order chi connectivity index (χ0) is 20.4. The standard InChI is InChI=1S/C26H28O2S2/c1-4-10-21(11-5-1)17-27-19-25-24(28-18-22-12-6-2-7-13-22)16-26(30-25)29-20-23-14-8-3-9-15-23/h1-15,24-26H,16-20H2/t24-,25-,26?/m0/s1. The van der Waals surface area contributed by atoms with Gasteiger partial charge in [0.15, 0.2) is 0 Å². The van der Waals surface area contributed by atoms with E-state index in [9.17, 15) is 0 Å². The molecule has 156 valence electrons. The van der Waals surface area contributed by atoms with Gasteiger partial charge in [0.25, 0.3) is 0 Å². The molecule has 2 nitrogen and oxygen atoms in total. The molecule has 3 aromatic carbocycles. The monoisotopic (exact) mass is 436 g/mol. The van der Waals surface area contributed by atoms with Gasteiger partial charge >= 0.3 is 0 Å². The molecule has 1 fully saturated rings. The third-order valence-corrected chi connectivity index (χ3v) is 8.24. The van der Waals surface area contributed by atoms with Crippen molar-refractivity contribution in [1.82, 2.24) is 0 Å². The molecule has 0 saturated carbocycles. The Morgan fingerprint density at radius 2 is 1.30 bits per heavy atom. The average molecular weight is 437 g/mol. The lowest BCUT2D eigenvalue weighted by molar-refractivity contribution is 0.0168. The topological polar surface area (TPSA) is 18.5 Å². The zero-order valence-electron chi connectivity index (χ0n) is 17.1. The molecule has 4 heteroatoms. The van der Waals surface area contributed by atoms with Gasteiger partial charge in [0.05, 0.1) is 35.8 Å². The summed E-state index contributed by atoms with van der Waals surface area (Å²) in [5.41, 5.74) is 3.83. The van der Waals surface area contributed by atoms with E-state index in [0.717, 1.165) is 18.8 Å². The lowest BCUT2D eigenvalue weighted by Gasteiger charge is -2.19. The zero-order valence-corrected chi connectivity index (χ0v) is 18.7. The lowest BCUT2D eigenvalue weighted by atomic mass is 10.2. The van der Waals surface area contributed by atoms with E-state index in [1.807, 2.05) is 35.7 Å². The van der Waals surface area contributed by atoms with Crippen LogP contribution in [-0.2, 0) is 28.4 Å². The number of hydrogen-bond acceptors (Lipinski definition) is 4. The van der Waals surface area contributed by atoms with Gasteiger partial charge in [-0.25, -0.2) is 0 Å². The summed E-state index contributed by atoms with van der Waals surface area (Å²) in [5, 5.41) is 0.366. The Balaban J connectivity index is 1.31.